The van der Waals surface area contributed by atoms with Gasteiger partial charge in [0.15, 0.2) is 0 Å². The van der Waals surface area contributed by atoms with Gasteiger partial charge in [-0.3, -0.25) is 0 Å². The van der Waals surface area contributed by atoms with Crippen molar-refractivity contribution in [1.29, 1.82) is 0 Å². The summed E-state index contributed by atoms with van der Waals surface area (Å²) in [6.45, 7) is 0.530. The van der Waals surface area contributed by atoms with Gasteiger partial charge in [0.05, 0.1) is 5.56 Å². The lowest BCUT2D eigenvalue weighted by Crippen LogP contribution is -2.40. The van der Waals surface area contributed by atoms with Crippen molar-refractivity contribution in [3.05, 3.63) is 22.3 Å². The summed E-state index contributed by atoms with van der Waals surface area (Å²) >= 11 is 6.43. The quantitative estimate of drug-likeness (QED) is 0.596. The van der Waals surface area contributed by atoms with Crippen molar-refractivity contribution in [1.82, 2.24) is 4.98 Å². The van der Waals surface area contributed by atoms with Gasteiger partial charge in [-0.2, -0.15) is 13.2 Å². The van der Waals surface area contributed by atoms with Crippen LogP contribution in [0.5, 0.6) is 0 Å². The SMILES string of the molecule is FC(F)(F)c1cc(Br)cnc1N(CCBr)C1CCCCC1. The summed E-state index contributed by atoms with van der Waals surface area (Å²) in [5, 5.41) is 0.624. The Labute approximate surface area is 139 Å². The summed E-state index contributed by atoms with van der Waals surface area (Å²) < 4.78 is 40.2. The Balaban J connectivity index is 2.39. The summed E-state index contributed by atoms with van der Waals surface area (Å²) in [6.07, 6.45) is 2.21. The molecular formula is C14H17Br2F3N2. The second-order valence-corrected chi connectivity index (χ2v) is 6.91. The third-order valence-electron chi connectivity index (χ3n) is 3.75. The summed E-state index contributed by atoms with van der Waals surface area (Å²) in [7, 11) is 0. The van der Waals surface area contributed by atoms with Crippen LogP contribution in [0.25, 0.3) is 0 Å². The van der Waals surface area contributed by atoms with E-state index in [0.717, 1.165) is 31.7 Å². The molecule has 0 atom stereocenters. The topological polar surface area (TPSA) is 16.1 Å². The number of hydrogen-bond acceptors (Lipinski definition) is 2. The van der Waals surface area contributed by atoms with Crippen molar-refractivity contribution in [3.8, 4) is 0 Å². The van der Waals surface area contributed by atoms with Crippen molar-refractivity contribution in [2.24, 2.45) is 0 Å². The fraction of sp³-hybridized carbons (Fsp3) is 0.643. The third kappa shape index (κ3) is 4.34. The number of rotatable bonds is 4. The minimum Gasteiger partial charge on any atom is -0.352 e. The van der Waals surface area contributed by atoms with Gasteiger partial charge in [0, 0.05) is 28.6 Å². The number of halogens is 5. The number of alkyl halides is 4. The maximum Gasteiger partial charge on any atom is 0.419 e. The largest absolute Gasteiger partial charge is 0.419 e. The van der Waals surface area contributed by atoms with Gasteiger partial charge < -0.3 is 4.90 Å². The van der Waals surface area contributed by atoms with E-state index in [0.29, 0.717) is 16.3 Å². The molecule has 0 unspecified atom stereocenters. The lowest BCUT2D eigenvalue weighted by Gasteiger charge is -2.36. The van der Waals surface area contributed by atoms with Crippen molar-refractivity contribution in [2.45, 2.75) is 44.3 Å². The molecule has 2 nitrogen and oxygen atoms in total. The van der Waals surface area contributed by atoms with Crippen molar-refractivity contribution >= 4 is 37.7 Å². The normalized spacial score (nSPS) is 17.0. The van der Waals surface area contributed by atoms with Crippen LogP contribution < -0.4 is 4.90 Å². The van der Waals surface area contributed by atoms with Crippen LogP contribution in [-0.2, 0) is 6.18 Å². The first-order valence-electron chi connectivity index (χ1n) is 6.99. The van der Waals surface area contributed by atoms with E-state index in [-0.39, 0.29) is 11.9 Å². The molecule has 0 aromatic carbocycles. The Morgan fingerprint density at radius 1 is 1.24 bits per heavy atom. The van der Waals surface area contributed by atoms with Crippen LogP contribution in [0.2, 0.25) is 0 Å². The minimum absolute atomic E-state index is 0.0528. The molecule has 0 radical (unpaired) electrons. The first-order valence-corrected chi connectivity index (χ1v) is 8.90. The lowest BCUT2D eigenvalue weighted by molar-refractivity contribution is -0.137. The molecule has 1 heterocycles. The van der Waals surface area contributed by atoms with Gasteiger partial charge in [0.25, 0.3) is 0 Å². The smallest absolute Gasteiger partial charge is 0.352 e. The van der Waals surface area contributed by atoms with Crippen LogP contribution in [0.3, 0.4) is 0 Å². The van der Waals surface area contributed by atoms with Crippen LogP contribution in [0.1, 0.15) is 37.7 Å². The minimum atomic E-state index is -4.40. The molecule has 1 aromatic rings. The average molecular weight is 430 g/mol. The Morgan fingerprint density at radius 3 is 2.48 bits per heavy atom. The zero-order valence-corrected chi connectivity index (χ0v) is 14.6. The second-order valence-electron chi connectivity index (χ2n) is 5.20. The fourth-order valence-electron chi connectivity index (χ4n) is 2.81. The molecule has 1 aliphatic carbocycles. The van der Waals surface area contributed by atoms with Crippen LogP contribution in [0.4, 0.5) is 19.0 Å². The Kier molecular flexibility index (Phi) is 5.94. The number of aromatic nitrogens is 1. The van der Waals surface area contributed by atoms with E-state index in [1.807, 2.05) is 4.90 Å². The molecule has 1 aliphatic rings. The molecule has 1 saturated carbocycles. The summed E-state index contributed by atoms with van der Waals surface area (Å²) in [5.41, 5.74) is -0.664. The van der Waals surface area contributed by atoms with E-state index in [1.165, 1.54) is 12.6 Å². The molecule has 0 aliphatic heterocycles. The van der Waals surface area contributed by atoms with Gasteiger partial charge in [0.2, 0.25) is 0 Å². The molecule has 0 bridgehead atoms. The predicted octanol–water partition coefficient (Wildman–Crippen LogP) is 5.40. The first kappa shape index (κ1) is 17.1. The Hall–Kier alpha value is -0.300. The summed E-state index contributed by atoms with van der Waals surface area (Å²) in [6, 6.07) is 1.26. The molecular weight excluding hydrogens is 413 g/mol. The molecule has 0 amide bonds. The van der Waals surface area contributed by atoms with Crippen LogP contribution in [-0.4, -0.2) is 22.9 Å². The van der Waals surface area contributed by atoms with Gasteiger partial charge in [-0.05, 0) is 34.8 Å². The van der Waals surface area contributed by atoms with E-state index in [4.69, 9.17) is 0 Å². The highest BCUT2D eigenvalue weighted by Gasteiger charge is 2.37. The molecule has 0 spiro atoms. The molecule has 21 heavy (non-hydrogen) atoms. The Bertz CT molecular complexity index is 474. The van der Waals surface area contributed by atoms with E-state index in [9.17, 15) is 13.2 Å². The molecule has 118 valence electrons. The molecule has 7 heteroatoms. The van der Waals surface area contributed by atoms with Gasteiger partial charge >= 0.3 is 6.18 Å². The third-order valence-corrected chi connectivity index (χ3v) is 4.54. The van der Waals surface area contributed by atoms with E-state index >= 15 is 0 Å². The molecule has 0 saturated heterocycles. The fourth-order valence-corrected chi connectivity index (χ4v) is 3.53. The average Bonchev–Trinajstić information content (AvgIpc) is 2.45. The number of hydrogen-bond donors (Lipinski definition) is 0. The zero-order chi connectivity index (χ0) is 15.5. The van der Waals surface area contributed by atoms with Crippen molar-refractivity contribution < 1.29 is 13.2 Å². The summed E-state index contributed by atoms with van der Waals surface area (Å²) in [4.78, 5) is 5.90. The highest BCUT2D eigenvalue weighted by Crippen LogP contribution is 2.38. The monoisotopic (exact) mass is 428 g/mol. The number of nitrogens with zero attached hydrogens (tertiary/aromatic N) is 2. The highest BCUT2D eigenvalue weighted by atomic mass is 79.9. The van der Waals surface area contributed by atoms with E-state index < -0.39 is 11.7 Å². The van der Waals surface area contributed by atoms with E-state index in [1.54, 1.807) is 0 Å². The number of anilines is 1. The van der Waals surface area contributed by atoms with Gasteiger partial charge in [0.1, 0.15) is 5.82 Å². The highest BCUT2D eigenvalue weighted by molar-refractivity contribution is 9.10. The molecule has 1 aromatic heterocycles. The molecule has 2 rings (SSSR count). The van der Waals surface area contributed by atoms with Gasteiger partial charge in [-0.25, -0.2) is 4.98 Å². The zero-order valence-electron chi connectivity index (χ0n) is 11.5. The Morgan fingerprint density at radius 2 is 1.90 bits per heavy atom. The molecule has 0 N–H and O–H groups in total. The number of pyridine rings is 1. The van der Waals surface area contributed by atoms with Gasteiger partial charge in [-0.1, -0.05) is 35.2 Å². The standard InChI is InChI=1S/C14H17Br2F3N2/c15-6-7-21(11-4-2-1-3-5-11)13-12(14(17,18)19)8-10(16)9-20-13/h8-9,11H,1-7H2. The van der Waals surface area contributed by atoms with Crippen LogP contribution in [0, 0.1) is 0 Å². The maximum absolute atomic E-state index is 13.3. The van der Waals surface area contributed by atoms with Crippen LogP contribution >= 0.6 is 31.9 Å². The summed E-state index contributed by atoms with van der Waals surface area (Å²) in [5.74, 6) is 0.0528. The maximum atomic E-state index is 13.3. The van der Waals surface area contributed by atoms with Gasteiger partial charge in [-0.15, -0.1) is 0 Å². The first-order chi connectivity index (χ1) is 9.93. The van der Waals surface area contributed by atoms with Crippen molar-refractivity contribution in [3.63, 3.8) is 0 Å². The van der Waals surface area contributed by atoms with Crippen LogP contribution in [0.15, 0.2) is 16.7 Å². The van der Waals surface area contributed by atoms with E-state index in [2.05, 4.69) is 36.8 Å². The predicted molar refractivity (Wildman–Crippen MR) is 85.0 cm³/mol. The van der Waals surface area contributed by atoms with Crippen molar-refractivity contribution in [2.75, 3.05) is 16.8 Å². The molecule has 1 fully saturated rings. The second kappa shape index (κ2) is 7.31. The lowest BCUT2D eigenvalue weighted by atomic mass is 9.94.